The maximum atomic E-state index is 11.2. The molecule has 3 rings (SSSR count). The summed E-state index contributed by atoms with van der Waals surface area (Å²) in [4.78, 5) is 22.2. The molecule has 0 amide bonds. The van der Waals surface area contributed by atoms with Gasteiger partial charge in [0, 0.05) is 34.9 Å². The summed E-state index contributed by atoms with van der Waals surface area (Å²) in [5.74, 6) is 0.488. The zero-order valence-electron chi connectivity index (χ0n) is 9.52. The van der Waals surface area contributed by atoms with E-state index in [0.717, 1.165) is 5.39 Å². The van der Waals surface area contributed by atoms with Crippen molar-refractivity contribution in [1.29, 1.82) is 0 Å². The molecule has 0 unspecified atom stereocenters. The molecule has 0 saturated heterocycles. The predicted molar refractivity (Wildman–Crippen MR) is 75.6 cm³/mol. The summed E-state index contributed by atoms with van der Waals surface area (Å²) in [7, 11) is 0. The zero-order valence-corrected chi connectivity index (χ0v) is 11.0. The lowest BCUT2D eigenvalue weighted by Gasteiger charge is -2.06. The zero-order chi connectivity index (χ0) is 13.4. The van der Waals surface area contributed by atoms with E-state index in [-0.39, 0.29) is 5.56 Å². The molecule has 0 bridgehead atoms. The van der Waals surface area contributed by atoms with E-state index < -0.39 is 0 Å². The highest BCUT2D eigenvalue weighted by atomic mass is 35.5. The van der Waals surface area contributed by atoms with Crippen LogP contribution in [0.2, 0.25) is 10.0 Å². The molecule has 1 aromatic carbocycles. The van der Waals surface area contributed by atoms with E-state index in [0.29, 0.717) is 26.9 Å². The van der Waals surface area contributed by atoms with Crippen molar-refractivity contribution >= 4 is 34.1 Å². The van der Waals surface area contributed by atoms with Gasteiger partial charge in [-0.05, 0) is 18.2 Å². The Bertz CT molecular complexity index is 812. The lowest BCUT2D eigenvalue weighted by atomic mass is 10.1. The molecule has 2 aromatic heterocycles. The van der Waals surface area contributed by atoms with Crippen LogP contribution in [0.25, 0.3) is 22.3 Å². The fourth-order valence-electron chi connectivity index (χ4n) is 1.82. The van der Waals surface area contributed by atoms with Crippen LogP contribution in [-0.4, -0.2) is 15.0 Å². The summed E-state index contributed by atoms with van der Waals surface area (Å²) in [6, 6.07) is 6.65. The van der Waals surface area contributed by atoms with Crippen LogP contribution in [0, 0.1) is 0 Å². The summed E-state index contributed by atoms with van der Waals surface area (Å²) >= 11 is 12.1. The highest BCUT2D eigenvalue weighted by molar-refractivity contribution is 6.38. The number of nitrogens with zero attached hydrogens (tertiary/aromatic N) is 2. The average Bonchev–Trinajstić information content (AvgIpc) is 2.40. The Morgan fingerprint density at radius 2 is 1.74 bits per heavy atom. The monoisotopic (exact) mass is 291 g/mol. The summed E-state index contributed by atoms with van der Waals surface area (Å²) in [5, 5.41) is 1.71. The van der Waals surface area contributed by atoms with Gasteiger partial charge in [-0.2, -0.15) is 0 Å². The number of hydrogen-bond acceptors (Lipinski definition) is 3. The van der Waals surface area contributed by atoms with E-state index in [1.54, 1.807) is 18.2 Å². The first kappa shape index (κ1) is 12.1. The van der Waals surface area contributed by atoms with Crippen molar-refractivity contribution in [2.45, 2.75) is 0 Å². The van der Waals surface area contributed by atoms with Gasteiger partial charge in [0.15, 0.2) is 5.82 Å². The Labute approximate surface area is 118 Å². The van der Waals surface area contributed by atoms with Crippen molar-refractivity contribution in [3.8, 4) is 11.4 Å². The van der Waals surface area contributed by atoms with Gasteiger partial charge in [-0.15, -0.1) is 0 Å². The second kappa shape index (κ2) is 4.64. The molecule has 2 heterocycles. The average molecular weight is 292 g/mol. The Morgan fingerprint density at radius 3 is 2.47 bits per heavy atom. The number of fused-ring (bicyclic) bond motifs is 1. The molecule has 6 heteroatoms. The Kier molecular flexibility index (Phi) is 2.97. The molecule has 1 N–H and O–H groups in total. The lowest BCUT2D eigenvalue weighted by Crippen LogP contribution is -2.02. The van der Waals surface area contributed by atoms with Gasteiger partial charge < -0.3 is 4.98 Å². The Hall–Kier alpha value is -1.91. The third-order valence-electron chi connectivity index (χ3n) is 2.70. The van der Waals surface area contributed by atoms with E-state index in [2.05, 4.69) is 15.0 Å². The van der Waals surface area contributed by atoms with E-state index in [4.69, 9.17) is 23.2 Å². The first-order chi connectivity index (χ1) is 9.15. The molecule has 3 aromatic rings. The van der Waals surface area contributed by atoms with Gasteiger partial charge in [0.1, 0.15) is 0 Å². The van der Waals surface area contributed by atoms with Crippen LogP contribution in [0.5, 0.6) is 0 Å². The molecule has 0 spiro atoms. The van der Waals surface area contributed by atoms with Crippen molar-refractivity contribution in [2.75, 3.05) is 0 Å². The second-order valence-electron chi connectivity index (χ2n) is 3.94. The van der Waals surface area contributed by atoms with Gasteiger partial charge in [-0.3, -0.25) is 4.79 Å². The maximum absolute atomic E-state index is 11.2. The molecule has 0 atom stereocenters. The number of nitrogens with one attached hydrogen (secondary N) is 1. The van der Waals surface area contributed by atoms with E-state index in [1.807, 2.05) is 0 Å². The van der Waals surface area contributed by atoms with Crippen LogP contribution in [-0.2, 0) is 0 Å². The van der Waals surface area contributed by atoms with Crippen molar-refractivity contribution in [2.24, 2.45) is 0 Å². The minimum absolute atomic E-state index is 0.168. The first-order valence-electron chi connectivity index (χ1n) is 5.44. The summed E-state index contributed by atoms with van der Waals surface area (Å²) in [6.07, 6.45) is 3.02. The van der Waals surface area contributed by atoms with Crippen LogP contribution in [0.1, 0.15) is 0 Å². The van der Waals surface area contributed by atoms with Crippen LogP contribution < -0.4 is 5.56 Å². The topological polar surface area (TPSA) is 58.6 Å². The standard InChI is InChI=1S/C13H7Cl2N3O/c14-7-5-16-13(17-6-7)9-1-3-10-8(12(9)15)2-4-11(19)18-10/h1-6H,(H,18,19). The normalized spacial score (nSPS) is 10.8. The van der Waals surface area contributed by atoms with Crippen molar-refractivity contribution in [1.82, 2.24) is 15.0 Å². The highest BCUT2D eigenvalue weighted by Gasteiger charge is 2.10. The number of aromatic amines is 1. The van der Waals surface area contributed by atoms with E-state index in [1.165, 1.54) is 18.5 Å². The quantitative estimate of drug-likeness (QED) is 0.748. The summed E-state index contributed by atoms with van der Waals surface area (Å²) in [5.41, 5.74) is 1.20. The molecule has 0 radical (unpaired) electrons. The van der Waals surface area contributed by atoms with Gasteiger partial charge in [0.05, 0.1) is 10.0 Å². The number of H-pyrrole nitrogens is 1. The number of hydrogen-bond donors (Lipinski definition) is 1. The number of halogens is 2. The summed E-state index contributed by atoms with van der Waals surface area (Å²) < 4.78 is 0. The molecule has 4 nitrogen and oxygen atoms in total. The third-order valence-corrected chi connectivity index (χ3v) is 3.30. The molecule has 19 heavy (non-hydrogen) atoms. The minimum atomic E-state index is -0.168. The van der Waals surface area contributed by atoms with Crippen LogP contribution in [0.4, 0.5) is 0 Å². The second-order valence-corrected chi connectivity index (χ2v) is 4.75. The largest absolute Gasteiger partial charge is 0.322 e. The molecular weight excluding hydrogens is 285 g/mol. The van der Waals surface area contributed by atoms with E-state index in [9.17, 15) is 4.79 Å². The van der Waals surface area contributed by atoms with Gasteiger partial charge >= 0.3 is 0 Å². The van der Waals surface area contributed by atoms with Gasteiger partial charge in [0.2, 0.25) is 5.56 Å². The SMILES string of the molecule is O=c1ccc2c(Cl)c(-c3ncc(Cl)cn3)ccc2[nH]1. The van der Waals surface area contributed by atoms with Crippen molar-refractivity contribution < 1.29 is 0 Å². The van der Waals surface area contributed by atoms with Gasteiger partial charge in [-0.1, -0.05) is 23.2 Å². The smallest absolute Gasteiger partial charge is 0.248 e. The molecule has 0 fully saturated rings. The summed E-state index contributed by atoms with van der Waals surface area (Å²) in [6.45, 7) is 0. The fraction of sp³-hybridized carbons (Fsp3) is 0. The van der Waals surface area contributed by atoms with Crippen LogP contribution >= 0.6 is 23.2 Å². The number of pyridine rings is 1. The van der Waals surface area contributed by atoms with Gasteiger partial charge in [-0.25, -0.2) is 9.97 Å². The lowest BCUT2D eigenvalue weighted by molar-refractivity contribution is 1.18. The number of rotatable bonds is 1. The number of benzene rings is 1. The molecule has 0 aliphatic heterocycles. The van der Waals surface area contributed by atoms with Crippen LogP contribution in [0.15, 0.2) is 41.5 Å². The third kappa shape index (κ3) is 2.20. The van der Waals surface area contributed by atoms with E-state index >= 15 is 0 Å². The molecule has 0 aliphatic carbocycles. The van der Waals surface area contributed by atoms with Crippen LogP contribution in [0.3, 0.4) is 0 Å². The maximum Gasteiger partial charge on any atom is 0.248 e. The molecule has 0 saturated carbocycles. The van der Waals surface area contributed by atoms with Crippen molar-refractivity contribution in [3.05, 3.63) is 57.1 Å². The fourth-order valence-corrected chi connectivity index (χ4v) is 2.23. The van der Waals surface area contributed by atoms with Gasteiger partial charge in [0.25, 0.3) is 0 Å². The Balaban J connectivity index is 2.25. The highest BCUT2D eigenvalue weighted by Crippen LogP contribution is 2.31. The minimum Gasteiger partial charge on any atom is -0.322 e. The van der Waals surface area contributed by atoms with Crippen molar-refractivity contribution in [3.63, 3.8) is 0 Å². The molecule has 94 valence electrons. The predicted octanol–water partition coefficient (Wildman–Crippen LogP) is 3.29. The number of aromatic nitrogens is 3. The Morgan fingerprint density at radius 1 is 1.00 bits per heavy atom. The molecular formula is C13H7Cl2N3O. The molecule has 0 aliphatic rings. The first-order valence-corrected chi connectivity index (χ1v) is 6.20.